The minimum atomic E-state index is -0.208. The predicted octanol–water partition coefficient (Wildman–Crippen LogP) is 2.26. The number of phenols is 1. The summed E-state index contributed by atoms with van der Waals surface area (Å²) >= 11 is 0. The molecule has 0 aromatic heterocycles. The van der Waals surface area contributed by atoms with Crippen LogP contribution in [0.3, 0.4) is 0 Å². The molecule has 1 atom stereocenters. The average Bonchev–Trinajstić information content (AvgIpc) is 2.47. The number of ketones is 1. The smallest absolute Gasteiger partial charge is 0.191 e. The lowest BCUT2D eigenvalue weighted by molar-refractivity contribution is 0.104. The molecule has 0 aliphatic carbocycles. The second-order valence-corrected chi connectivity index (χ2v) is 5.55. The van der Waals surface area contributed by atoms with Gasteiger partial charge in [-0.15, -0.1) is 0 Å². The first-order valence-electron chi connectivity index (χ1n) is 7.31. The Labute approximate surface area is 132 Å². The highest BCUT2D eigenvalue weighted by Crippen LogP contribution is 2.27. The van der Waals surface area contributed by atoms with E-state index in [0.29, 0.717) is 17.7 Å². The Bertz CT molecular complexity index is 539. The zero-order valence-electron chi connectivity index (χ0n) is 14.0. The van der Waals surface area contributed by atoms with Crippen LogP contribution < -0.4 is 5.32 Å². The number of carbonyl (C=O) groups is 1. The molecular formula is C17H26N2O3. The van der Waals surface area contributed by atoms with Gasteiger partial charge < -0.3 is 20.1 Å². The lowest BCUT2D eigenvalue weighted by Gasteiger charge is -2.17. The molecule has 0 heterocycles. The van der Waals surface area contributed by atoms with Crippen LogP contribution in [0.1, 0.15) is 34.5 Å². The number of aromatic hydroxyl groups is 1. The standard InChI is InChI=1S/C17H26N2O3/c1-12-10-14(13(2)18-7-9-22-5)11-15(17(12)21)16(20)6-8-19(3)4/h6,8,10-11,13,18,21H,7,9H2,1-5H3/b8-6+. The number of carbonyl (C=O) groups excluding carboxylic acids is 1. The van der Waals surface area contributed by atoms with Crippen LogP contribution in [0.25, 0.3) is 0 Å². The number of nitrogens with one attached hydrogen (secondary N) is 1. The maximum absolute atomic E-state index is 12.2. The molecule has 1 unspecified atom stereocenters. The van der Waals surface area contributed by atoms with Crippen LogP contribution in [-0.4, -0.2) is 50.1 Å². The van der Waals surface area contributed by atoms with E-state index in [-0.39, 0.29) is 17.6 Å². The second kappa shape index (κ2) is 8.56. The number of hydrogen-bond acceptors (Lipinski definition) is 5. The fourth-order valence-electron chi connectivity index (χ4n) is 2.05. The first-order chi connectivity index (χ1) is 10.4. The van der Waals surface area contributed by atoms with Gasteiger partial charge in [-0.2, -0.15) is 0 Å². The average molecular weight is 306 g/mol. The van der Waals surface area contributed by atoms with Crippen molar-refractivity contribution in [1.29, 1.82) is 0 Å². The van der Waals surface area contributed by atoms with Crippen molar-refractivity contribution in [1.82, 2.24) is 10.2 Å². The van der Waals surface area contributed by atoms with Crippen molar-refractivity contribution in [3.05, 3.63) is 41.1 Å². The van der Waals surface area contributed by atoms with Gasteiger partial charge in [0.1, 0.15) is 5.75 Å². The molecule has 22 heavy (non-hydrogen) atoms. The summed E-state index contributed by atoms with van der Waals surface area (Å²) in [6, 6.07) is 3.71. The van der Waals surface area contributed by atoms with E-state index in [9.17, 15) is 9.90 Å². The molecule has 1 aromatic carbocycles. The van der Waals surface area contributed by atoms with Crippen LogP contribution in [-0.2, 0) is 4.74 Å². The van der Waals surface area contributed by atoms with Crippen LogP contribution in [0.2, 0.25) is 0 Å². The van der Waals surface area contributed by atoms with Crippen LogP contribution >= 0.6 is 0 Å². The highest BCUT2D eigenvalue weighted by Gasteiger charge is 2.15. The molecule has 0 spiro atoms. The monoisotopic (exact) mass is 306 g/mol. The van der Waals surface area contributed by atoms with Crippen molar-refractivity contribution in [2.75, 3.05) is 34.4 Å². The number of ether oxygens (including phenoxy) is 1. The van der Waals surface area contributed by atoms with Crippen molar-refractivity contribution < 1.29 is 14.6 Å². The first kappa shape index (κ1) is 18.2. The summed E-state index contributed by atoms with van der Waals surface area (Å²) in [5, 5.41) is 13.5. The highest BCUT2D eigenvalue weighted by atomic mass is 16.5. The van der Waals surface area contributed by atoms with Gasteiger partial charge in [0.25, 0.3) is 0 Å². The quantitative estimate of drug-likeness (QED) is 0.438. The van der Waals surface area contributed by atoms with E-state index in [1.165, 1.54) is 6.08 Å². The van der Waals surface area contributed by atoms with Gasteiger partial charge in [0, 0.05) is 46.1 Å². The normalized spacial score (nSPS) is 12.6. The van der Waals surface area contributed by atoms with Crippen molar-refractivity contribution >= 4 is 5.78 Å². The zero-order valence-corrected chi connectivity index (χ0v) is 14.0. The van der Waals surface area contributed by atoms with Gasteiger partial charge in [-0.1, -0.05) is 6.07 Å². The molecule has 0 bridgehead atoms. The Kier molecular flexibility index (Phi) is 7.08. The zero-order chi connectivity index (χ0) is 16.7. The fourth-order valence-corrected chi connectivity index (χ4v) is 2.05. The molecule has 122 valence electrons. The molecule has 0 aliphatic heterocycles. The number of hydrogen-bond donors (Lipinski definition) is 2. The van der Waals surface area contributed by atoms with Crippen LogP contribution in [0.15, 0.2) is 24.4 Å². The molecular weight excluding hydrogens is 280 g/mol. The molecule has 2 N–H and O–H groups in total. The molecule has 0 fully saturated rings. The molecule has 0 radical (unpaired) electrons. The Balaban J connectivity index is 3.01. The Morgan fingerprint density at radius 3 is 2.73 bits per heavy atom. The van der Waals surface area contributed by atoms with Crippen molar-refractivity contribution in [3.63, 3.8) is 0 Å². The maximum atomic E-state index is 12.2. The van der Waals surface area contributed by atoms with Crippen molar-refractivity contribution in [2.45, 2.75) is 19.9 Å². The number of rotatable bonds is 8. The molecule has 0 amide bonds. The predicted molar refractivity (Wildman–Crippen MR) is 88.3 cm³/mol. The summed E-state index contributed by atoms with van der Waals surface area (Å²) in [5.41, 5.74) is 1.99. The van der Waals surface area contributed by atoms with Crippen LogP contribution in [0, 0.1) is 6.92 Å². The molecule has 1 rings (SSSR count). The summed E-state index contributed by atoms with van der Waals surface area (Å²) in [6.45, 7) is 5.17. The Hall–Kier alpha value is -1.85. The number of nitrogens with zero attached hydrogens (tertiary/aromatic N) is 1. The summed E-state index contributed by atoms with van der Waals surface area (Å²) < 4.78 is 5.02. The van der Waals surface area contributed by atoms with E-state index in [2.05, 4.69) is 5.32 Å². The third kappa shape index (κ3) is 5.16. The third-order valence-electron chi connectivity index (χ3n) is 3.37. The van der Waals surface area contributed by atoms with E-state index >= 15 is 0 Å². The Morgan fingerprint density at radius 1 is 1.45 bits per heavy atom. The SMILES string of the molecule is COCCNC(C)c1cc(C)c(O)c(C(=O)/C=C/N(C)C)c1. The minimum absolute atomic E-state index is 0.0428. The number of methoxy groups -OCH3 is 1. The molecule has 0 aliphatic rings. The van der Waals surface area contributed by atoms with Gasteiger partial charge in [0.15, 0.2) is 5.78 Å². The van der Waals surface area contributed by atoms with Gasteiger partial charge in [-0.25, -0.2) is 0 Å². The van der Waals surface area contributed by atoms with E-state index in [1.54, 1.807) is 31.2 Å². The van der Waals surface area contributed by atoms with Gasteiger partial charge in [-0.3, -0.25) is 4.79 Å². The summed E-state index contributed by atoms with van der Waals surface area (Å²) in [5.74, 6) is -0.165. The fraction of sp³-hybridized carbons (Fsp3) is 0.471. The number of phenolic OH excluding ortho intramolecular Hbond substituents is 1. The van der Waals surface area contributed by atoms with Crippen molar-refractivity contribution in [3.8, 4) is 5.75 Å². The summed E-state index contributed by atoms with van der Waals surface area (Å²) in [7, 11) is 5.34. The van der Waals surface area contributed by atoms with Crippen LogP contribution in [0.5, 0.6) is 5.75 Å². The lowest BCUT2D eigenvalue weighted by atomic mass is 9.98. The van der Waals surface area contributed by atoms with E-state index in [4.69, 9.17) is 4.74 Å². The van der Waals surface area contributed by atoms with E-state index in [0.717, 1.165) is 12.1 Å². The van der Waals surface area contributed by atoms with E-state index < -0.39 is 0 Å². The molecule has 1 aromatic rings. The van der Waals surface area contributed by atoms with Gasteiger partial charge in [-0.05, 0) is 31.0 Å². The Morgan fingerprint density at radius 2 is 2.14 bits per heavy atom. The lowest BCUT2D eigenvalue weighted by Crippen LogP contribution is -2.23. The summed E-state index contributed by atoms with van der Waals surface area (Å²) in [4.78, 5) is 14.0. The second-order valence-electron chi connectivity index (χ2n) is 5.55. The minimum Gasteiger partial charge on any atom is -0.507 e. The van der Waals surface area contributed by atoms with Crippen LogP contribution in [0.4, 0.5) is 0 Å². The summed E-state index contributed by atoms with van der Waals surface area (Å²) in [6.07, 6.45) is 3.13. The van der Waals surface area contributed by atoms with Crippen molar-refractivity contribution in [2.24, 2.45) is 0 Å². The van der Waals surface area contributed by atoms with Gasteiger partial charge in [0.2, 0.25) is 0 Å². The maximum Gasteiger partial charge on any atom is 0.191 e. The highest BCUT2D eigenvalue weighted by molar-refractivity contribution is 6.06. The number of aryl methyl sites for hydroxylation is 1. The van der Waals surface area contributed by atoms with E-state index in [1.807, 2.05) is 27.1 Å². The first-order valence-corrected chi connectivity index (χ1v) is 7.31. The molecule has 0 saturated carbocycles. The largest absolute Gasteiger partial charge is 0.507 e. The molecule has 5 heteroatoms. The number of allylic oxidation sites excluding steroid dienone is 1. The molecule has 5 nitrogen and oxygen atoms in total. The topological polar surface area (TPSA) is 61.8 Å². The number of benzene rings is 1. The van der Waals surface area contributed by atoms with Gasteiger partial charge in [0.05, 0.1) is 12.2 Å². The molecule has 0 saturated heterocycles. The van der Waals surface area contributed by atoms with Gasteiger partial charge >= 0.3 is 0 Å². The third-order valence-corrected chi connectivity index (χ3v) is 3.37.